The SMILES string of the molecule is CN1CCOC(CNC(=O)Nc2ccc(CCc3ccccn3)cc2)C1. The fourth-order valence-corrected chi connectivity index (χ4v) is 2.95. The Bertz CT molecular complexity index is 691. The van der Waals surface area contributed by atoms with Crippen LogP contribution in [-0.2, 0) is 17.6 Å². The van der Waals surface area contributed by atoms with E-state index in [9.17, 15) is 4.79 Å². The van der Waals surface area contributed by atoms with E-state index in [1.54, 1.807) is 0 Å². The highest BCUT2D eigenvalue weighted by Crippen LogP contribution is 2.12. The molecule has 1 fully saturated rings. The zero-order chi connectivity index (χ0) is 18.2. The van der Waals surface area contributed by atoms with Crippen LogP contribution in [0.15, 0.2) is 48.7 Å². The molecular formula is C20H26N4O2. The van der Waals surface area contributed by atoms with Crippen molar-refractivity contribution in [3.05, 3.63) is 59.9 Å². The van der Waals surface area contributed by atoms with Gasteiger partial charge in [0.2, 0.25) is 0 Å². The molecule has 0 spiro atoms. The smallest absolute Gasteiger partial charge is 0.319 e. The summed E-state index contributed by atoms with van der Waals surface area (Å²) in [6.07, 6.45) is 3.70. The lowest BCUT2D eigenvalue weighted by molar-refractivity contribution is -0.0166. The maximum Gasteiger partial charge on any atom is 0.319 e. The second-order valence-corrected chi connectivity index (χ2v) is 6.61. The molecule has 1 saturated heterocycles. The molecule has 26 heavy (non-hydrogen) atoms. The highest BCUT2D eigenvalue weighted by Gasteiger charge is 2.18. The topological polar surface area (TPSA) is 66.5 Å². The molecule has 3 rings (SSSR count). The van der Waals surface area contributed by atoms with Gasteiger partial charge in [0.05, 0.1) is 12.7 Å². The van der Waals surface area contributed by atoms with Gasteiger partial charge in [0, 0.05) is 37.2 Å². The molecule has 0 saturated carbocycles. The van der Waals surface area contributed by atoms with Crippen molar-refractivity contribution in [2.45, 2.75) is 18.9 Å². The van der Waals surface area contributed by atoms with Crippen molar-refractivity contribution >= 4 is 11.7 Å². The van der Waals surface area contributed by atoms with Crippen LogP contribution in [0.5, 0.6) is 0 Å². The van der Waals surface area contributed by atoms with Crippen molar-refractivity contribution in [2.75, 3.05) is 38.6 Å². The number of carbonyl (C=O) groups is 1. The van der Waals surface area contributed by atoms with Crippen LogP contribution >= 0.6 is 0 Å². The summed E-state index contributed by atoms with van der Waals surface area (Å²) in [7, 11) is 2.06. The molecule has 1 aliphatic rings. The summed E-state index contributed by atoms with van der Waals surface area (Å²) in [4.78, 5) is 18.6. The Hall–Kier alpha value is -2.44. The second-order valence-electron chi connectivity index (χ2n) is 6.61. The number of ether oxygens (including phenoxy) is 1. The molecule has 138 valence electrons. The van der Waals surface area contributed by atoms with Crippen molar-refractivity contribution < 1.29 is 9.53 Å². The number of likely N-dealkylation sites (N-methyl/N-ethyl adjacent to an activating group) is 1. The first-order chi connectivity index (χ1) is 12.7. The minimum atomic E-state index is -0.205. The Morgan fingerprint density at radius 3 is 2.81 bits per heavy atom. The Balaban J connectivity index is 1.41. The third kappa shape index (κ3) is 5.82. The number of rotatable bonds is 6. The summed E-state index contributed by atoms with van der Waals surface area (Å²) in [5, 5.41) is 5.73. The third-order valence-corrected chi connectivity index (χ3v) is 4.44. The van der Waals surface area contributed by atoms with Gasteiger partial charge in [-0.3, -0.25) is 4.98 Å². The lowest BCUT2D eigenvalue weighted by Gasteiger charge is -2.30. The number of amides is 2. The summed E-state index contributed by atoms with van der Waals surface area (Å²) < 4.78 is 5.64. The van der Waals surface area contributed by atoms with E-state index in [-0.39, 0.29) is 12.1 Å². The first-order valence-electron chi connectivity index (χ1n) is 9.03. The number of carbonyl (C=O) groups excluding carboxylic acids is 1. The fourth-order valence-electron chi connectivity index (χ4n) is 2.95. The number of urea groups is 1. The van der Waals surface area contributed by atoms with E-state index in [1.165, 1.54) is 5.56 Å². The van der Waals surface area contributed by atoms with Gasteiger partial charge < -0.3 is 20.3 Å². The van der Waals surface area contributed by atoms with Gasteiger partial charge in [0.15, 0.2) is 0 Å². The lowest BCUT2D eigenvalue weighted by Crippen LogP contribution is -2.46. The van der Waals surface area contributed by atoms with E-state index >= 15 is 0 Å². The Morgan fingerprint density at radius 1 is 1.23 bits per heavy atom. The number of aromatic nitrogens is 1. The summed E-state index contributed by atoms with van der Waals surface area (Å²) in [6, 6.07) is 13.7. The van der Waals surface area contributed by atoms with Gasteiger partial charge in [-0.25, -0.2) is 4.79 Å². The average molecular weight is 354 g/mol. The van der Waals surface area contributed by atoms with E-state index in [4.69, 9.17) is 4.74 Å². The van der Waals surface area contributed by atoms with E-state index in [0.717, 1.165) is 37.3 Å². The standard InChI is InChI=1S/C20H26N4O2/c1-24-12-13-26-19(15-24)14-22-20(25)23-18-9-6-16(7-10-18)5-8-17-4-2-3-11-21-17/h2-4,6-7,9-11,19H,5,8,12-15H2,1H3,(H2,22,23,25). The number of nitrogens with zero attached hydrogens (tertiary/aromatic N) is 2. The molecule has 2 heterocycles. The quantitative estimate of drug-likeness (QED) is 0.835. The van der Waals surface area contributed by atoms with Crippen LogP contribution in [0.2, 0.25) is 0 Å². The monoisotopic (exact) mass is 354 g/mol. The summed E-state index contributed by atoms with van der Waals surface area (Å²) in [5.74, 6) is 0. The Labute approximate surface area is 154 Å². The Kier molecular flexibility index (Phi) is 6.57. The van der Waals surface area contributed by atoms with Gasteiger partial charge in [-0.05, 0) is 49.7 Å². The van der Waals surface area contributed by atoms with Crippen LogP contribution in [0, 0.1) is 0 Å². The molecule has 1 atom stereocenters. The number of aryl methyl sites for hydroxylation is 2. The van der Waals surface area contributed by atoms with E-state index in [0.29, 0.717) is 13.2 Å². The second kappa shape index (κ2) is 9.31. The van der Waals surface area contributed by atoms with Crippen LogP contribution in [0.1, 0.15) is 11.3 Å². The van der Waals surface area contributed by atoms with Gasteiger partial charge in [-0.1, -0.05) is 18.2 Å². The molecule has 1 aliphatic heterocycles. The molecule has 2 aromatic rings. The molecule has 6 nitrogen and oxygen atoms in total. The molecule has 1 aromatic carbocycles. The van der Waals surface area contributed by atoms with Gasteiger partial charge in [-0.15, -0.1) is 0 Å². The molecule has 0 radical (unpaired) electrons. The van der Waals surface area contributed by atoms with Crippen molar-refractivity contribution in [2.24, 2.45) is 0 Å². The lowest BCUT2D eigenvalue weighted by atomic mass is 10.1. The van der Waals surface area contributed by atoms with Crippen molar-refractivity contribution in [1.82, 2.24) is 15.2 Å². The predicted molar refractivity (Wildman–Crippen MR) is 102 cm³/mol. The molecule has 0 aliphatic carbocycles. The zero-order valence-corrected chi connectivity index (χ0v) is 15.1. The van der Waals surface area contributed by atoms with E-state index in [1.807, 2.05) is 48.7 Å². The predicted octanol–water partition coefficient (Wildman–Crippen LogP) is 2.32. The van der Waals surface area contributed by atoms with Crippen LogP contribution in [0.3, 0.4) is 0 Å². The Morgan fingerprint density at radius 2 is 2.08 bits per heavy atom. The third-order valence-electron chi connectivity index (χ3n) is 4.44. The average Bonchev–Trinajstić information content (AvgIpc) is 2.67. The van der Waals surface area contributed by atoms with E-state index < -0.39 is 0 Å². The minimum Gasteiger partial charge on any atom is -0.374 e. The molecule has 2 amide bonds. The van der Waals surface area contributed by atoms with Gasteiger partial charge in [0.25, 0.3) is 0 Å². The number of anilines is 1. The minimum absolute atomic E-state index is 0.0495. The van der Waals surface area contributed by atoms with Crippen molar-refractivity contribution in [3.63, 3.8) is 0 Å². The van der Waals surface area contributed by atoms with E-state index in [2.05, 4.69) is 27.6 Å². The largest absolute Gasteiger partial charge is 0.374 e. The maximum atomic E-state index is 12.0. The van der Waals surface area contributed by atoms with Crippen molar-refractivity contribution in [1.29, 1.82) is 0 Å². The number of morpholine rings is 1. The summed E-state index contributed by atoms with van der Waals surface area (Å²) >= 11 is 0. The number of hydrogen-bond donors (Lipinski definition) is 2. The molecule has 2 N–H and O–H groups in total. The first kappa shape index (κ1) is 18.4. The van der Waals surface area contributed by atoms with Crippen molar-refractivity contribution in [3.8, 4) is 0 Å². The summed E-state index contributed by atoms with van der Waals surface area (Å²) in [5.41, 5.74) is 3.09. The highest BCUT2D eigenvalue weighted by atomic mass is 16.5. The molecule has 1 aromatic heterocycles. The van der Waals surface area contributed by atoms with Gasteiger partial charge >= 0.3 is 6.03 Å². The van der Waals surface area contributed by atoms with Gasteiger partial charge in [0.1, 0.15) is 0 Å². The summed E-state index contributed by atoms with van der Waals surface area (Å²) in [6.45, 7) is 3.00. The van der Waals surface area contributed by atoms with Gasteiger partial charge in [-0.2, -0.15) is 0 Å². The zero-order valence-electron chi connectivity index (χ0n) is 15.1. The number of benzene rings is 1. The number of hydrogen-bond acceptors (Lipinski definition) is 4. The first-order valence-corrected chi connectivity index (χ1v) is 9.03. The maximum absolute atomic E-state index is 12.0. The number of nitrogens with one attached hydrogen (secondary N) is 2. The fraction of sp³-hybridized carbons (Fsp3) is 0.400. The molecule has 0 bridgehead atoms. The number of pyridine rings is 1. The van der Waals surface area contributed by atoms with Crippen LogP contribution in [0.25, 0.3) is 0 Å². The van der Waals surface area contributed by atoms with Crippen LogP contribution in [-0.4, -0.2) is 55.3 Å². The molecule has 6 heteroatoms. The molecular weight excluding hydrogens is 328 g/mol. The van der Waals surface area contributed by atoms with Crippen LogP contribution < -0.4 is 10.6 Å². The normalized spacial score (nSPS) is 17.7. The molecule has 1 unspecified atom stereocenters. The highest BCUT2D eigenvalue weighted by molar-refractivity contribution is 5.89. The van der Waals surface area contributed by atoms with Crippen LogP contribution in [0.4, 0.5) is 10.5 Å².